The lowest BCUT2D eigenvalue weighted by molar-refractivity contribution is -0.807. The summed E-state index contributed by atoms with van der Waals surface area (Å²) in [5.74, 6) is 0. The Bertz CT molecular complexity index is 186. The topological polar surface area (TPSA) is 4.44 Å². The fourth-order valence-corrected chi connectivity index (χ4v) is 0.927. The monoisotopic (exact) mass is 263 g/mol. The third-order valence-corrected chi connectivity index (χ3v) is 1.80. The minimum absolute atomic E-state index is 0. The summed E-state index contributed by atoms with van der Waals surface area (Å²) in [7, 11) is 2.18. The molecule has 0 aliphatic rings. The van der Waals surface area contributed by atoms with Gasteiger partial charge in [0.2, 0.25) is 0 Å². The van der Waals surface area contributed by atoms with Crippen LogP contribution < -0.4 is 28.9 Å². The lowest BCUT2D eigenvalue weighted by atomic mass is 10.3. The lowest BCUT2D eigenvalue weighted by Gasteiger charge is -2.09. The second kappa shape index (κ2) is 5.55. The van der Waals surface area contributed by atoms with Crippen molar-refractivity contribution in [1.29, 1.82) is 0 Å². The third-order valence-electron chi connectivity index (χ3n) is 1.80. The van der Waals surface area contributed by atoms with E-state index in [-0.39, 0.29) is 24.0 Å². The number of hydrogen-bond acceptors (Lipinski definition) is 0. The van der Waals surface area contributed by atoms with Crippen molar-refractivity contribution in [3.8, 4) is 0 Å². The quantitative estimate of drug-likeness (QED) is 0.581. The van der Waals surface area contributed by atoms with Crippen LogP contribution >= 0.6 is 0 Å². The van der Waals surface area contributed by atoms with Gasteiger partial charge in [0.15, 0.2) is 0 Å². The molecule has 0 fully saturated rings. The molecule has 1 aromatic carbocycles. The van der Waals surface area contributed by atoms with Gasteiger partial charge in [-0.05, 0) is 19.1 Å². The SMILES string of the molecule is CC[NH+](C)c1ccccc1.[I-]. The highest BCUT2D eigenvalue weighted by Gasteiger charge is 1.98. The predicted octanol–water partition coefficient (Wildman–Crippen LogP) is -2.14. The molecule has 0 aliphatic heterocycles. The fraction of sp³-hybridized carbons (Fsp3) is 0.333. The van der Waals surface area contributed by atoms with Crippen LogP contribution in [0.1, 0.15) is 6.92 Å². The Kier molecular flexibility index (Phi) is 5.50. The first kappa shape index (κ1) is 10.9. The van der Waals surface area contributed by atoms with Crippen LogP contribution in [0.2, 0.25) is 0 Å². The molecule has 1 aromatic rings. The largest absolute Gasteiger partial charge is 1.00 e. The van der Waals surface area contributed by atoms with Gasteiger partial charge in [-0.25, -0.2) is 0 Å². The van der Waals surface area contributed by atoms with Crippen LogP contribution in [-0.4, -0.2) is 13.6 Å². The highest BCUT2D eigenvalue weighted by Crippen LogP contribution is 1.96. The fourth-order valence-electron chi connectivity index (χ4n) is 0.927. The van der Waals surface area contributed by atoms with Gasteiger partial charge in [0.25, 0.3) is 0 Å². The first-order chi connectivity index (χ1) is 4.84. The molecule has 11 heavy (non-hydrogen) atoms. The van der Waals surface area contributed by atoms with Crippen molar-refractivity contribution in [3.05, 3.63) is 30.3 Å². The van der Waals surface area contributed by atoms with Gasteiger partial charge in [0, 0.05) is 0 Å². The molecule has 1 rings (SSSR count). The summed E-state index contributed by atoms with van der Waals surface area (Å²) in [6.07, 6.45) is 0. The maximum atomic E-state index is 2.18. The maximum Gasteiger partial charge on any atom is 0.130 e. The molecule has 0 radical (unpaired) electrons. The molecule has 0 aromatic heterocycles. The zero-order valence-electron chi connectivity index (χ0n) is 6.97. The molecular formula is C9H14IN. The first-order valence-electron chi connectivity index (χ1n) is 3.72. The second-order valence-corrected chi connectivity index (χ2v) is 2.50. The van der Waals surface area contributed by atoms with Gasteiger partial charge in [0.05, 0.1) is 13.6 Å². The first-order valence-corrected chi connectivity index (χ1v) is 3.72. The second-order valence-electron chi connectivity index (χ2n) is 2.50. The number of para-hydroxylation sites is 1. The lowest BCUT2D eigenvalue weighted by Crippen LogP contribution is -3.03. The average Bonchev–Trinajstić information content (AvgIpc) is 2.05. The normalized spacial score (nSPS) is 11.8. The molecule has 1 nitrogen and oxygen atoms in total. The molecule has 1 N–H and O–H groups in total. The van der Waals surface area contributed by atoms with Crippen LogP contribution in [0.3, 0.4) is 0 Å². The van der Waals surface area contributed by atoms with E-state index in [0.29, 0.717) is 0 Å². The molecule has 0 saturated heterocycles. The summed E-state index contributed by atoms with van der Waals surface area (Å²) in [4.78, 5) is 1.46. The van der Waals surface area contributed by atoms with Gasteiger partial charge in [-0.2, -0.15) is 0 Å². The maximum absolute atomic E-state index is 2.18. The van der Waals surface area contributed by atoms with Crippen LogP contribution in [0.5, 0.6) is 0 Å². The standard InChI is InChI=1S/C9H13N.HI/c1-3-10(2)9-7-5-4-6-8-9;/h4-8H,3H2,1-2H3;1H. The summed E-state index contributed by atoms with van der Waals surface area (Å²) in [5.41, 5.74) is 1.37. The molecule has 0 saturated carbocycles. The smallest absolute Gasteiger partial charge is 0.130 e. The molecule has 0 bridgehead atoms. The Labute approximate surface area is 85.4 Å². The molecule has 0 aliphatic carbocycles. The molecule has 0 spiro atoms. The zero-order valence-corrected chi connectivity index (χ0v) is 9.13. The van der Waals surface area contributed by atoms with E-state index >= 15 is 0 Å². The van der Waals surface area contributed by atoms with E-state index in [2.05, 4.69) is 38.2 Å². The van der Waals surface area contributed by atoms with E-state index in [9.17, 15) is 0 Å². The van der Waals surface area contributed by atoms with Crippen LogP contribution in [0.15, 0.2) is 30.3 Å². The Morgan fingerprint density at radius 3 is 2.18 bits per heavy atom. The van der Waals surface area contributed by atoms with Gasteiger partial charge in [0.1, 0.15) is 5.69 Å². The Hall–Kier alpha value is -0.0900. The highest BCUT2D eigenvalue weighted by molar-refractivity contribution is 5.27. The molecule has 1 atom stereocenters. The predicted molar refractivity (Wildman–Crippen MR) is 43.5 cm³/mol. The van der Waals surface area contributed by atoms with Crippen molar-refractivity contribution >= 4 is 5.69 Å². The molecule has 62 valence electrons. The summed E-state index contributed by atoms with van der Waals surface area (Å²) in [5, 5.41) is 0. The molecule has 1 unspecified atom stereocenters. The molecule has 2 heteroatoms. The minimum atomic E-state index is 0. The van der Waals surface area contributed by atoms with Gasteiger partial charge in [-0.1, -0.05) is 18.2 Å². The third kappa shape index (κ3) is 3.20. The number of hydrogen-bond donors (Lipinski definition) is 1. The van der Waals surface area contributed by atoms with Crippen LogP contribution in [0, 0.1) is 0 Å². The van der Waals surface area contributed by atoms with Crippen LogP contribution in [0.25, 0.3) is 0 Å². The number of nitrogens with one attached hydrogen (secondary N) is 1. The Morgan fingerprint density at radius 2 is 1.73 bits per heavy atom. The summed E-state index contributed by atoms with van der Waals surface area (Å²) < 4.78 is 0. The summed E-state index contributed by atoms with van der Waals surface area (Å²) >= 11 is 0. The van der Waals surface area contributed by atoms with E-state index in [1.54, 1.807) is 0 Å². The van der Waals surface area contributed by atoms with E-state index in [1.807, 2.05) is 6.07 Å². The van der Waals surface area contributed by atoms with Gasteiger partial charge < -0.3 is 28.9 Å². The van der Waals surface area contributed by atoms with Gasteiger partial charge >= 0.3 is 0 Å². The van der Waals surface area contributed by atoms with Crippen molar-refractivity contribution in [2.45, 2.75) is 6.92 Å². The van der Waals surface area contributed by atoms with Crippen molar-refractivity contribution in [3.63, 3.8) is 0 Å². The molecule has 0 heterocycles. The van der Waals surface area contributed by atoms with Crippen molar-refractivity contribution in [2.75, 3.05) is 13.6 Å². The van der Waals surface area contributed by atoms with E-state index in [1.165, 1.54) is 10.6 Å². The summed E-state index contributed by atoms with van der Waals surface area (Å²) in [6.45, 7) is 3.33. The molecule has 0 amide bonds. The van der Waals surface area contributed by atoms with E-state index in [0.717, 1.165) is 6.54 Å². The highest BCUT2D eigenvalue weighted by atomic mass is 127. The van der Waals surface area contributed by atoms with Gasteiger partial charge in [-0.15, -0.1) is 0 Å². The van der Waals surface area contributed by atoms with Crippen molar-refractivity contribution in [2.24, 2.45) is 0 Å². The number of quaternary nitrogens is 1. The van der Waals surface area contributed by atoms with Crippen molar-refractivity contribution < 1.29 is 28.9 Å². The summed E-state index contributed by atoms with van der Waals surface area (Å²) in [6, 6.07) is 10.5. The van der Waals surface area contributed by atoms with E-state index < -0.39 is 0 Å². The van der Waals surface area contributed by atoms with E-state index in [4.69, 9.17) is 0 Å². The number of benzene rings is 1. The van der Waals surface area contributed by atoms with Crippen LogP contribution in [-0.2, 0) is 0 Å². The Morgan fingerprint density at radius 1 is 1.18 bits per heavy atom. The minimum Gasteiger partial charge on any atom is -1.00 e. The van der Waals surface area contributed by atoms with Crippen molar-refractivity contribution in [1.82, 2.24) is 0 Å². The zero-order chi connectivity index (χ0) is 7.40. The Balaban J connectivity index is 0.000001000. The number of rotatable bonds is 2. The molecular weight excluding hydrogens is 249 g/mol. The van der Waals surface area contributed by atoms with Crippen LogP contribution in [0.4, 0.5) is 5.69 Å². The average molecular weight is 263 g/mol. The number of halogens is 1. The van der Waals surface area contributed by atoms with Gasteiger partial charge in [-0.3, -0.25) is 0 Å².